The SMILES string of the molecule is O=C(O)CCC1(c2ccccc2)CCOC1=O. The van der Waals surface area contributed by atoms with Gasteiger partial charge >= 0.3 is 11.9 Å². The first kappa shape index (κ1) is 11.6. The van der Waals surface area contributed by atoms with Crippen LogP contribution in [0, 0.1) is 0 Å². The zero-order valence-corrected chi connectivity index (χ0v) is 9.39. The molecule has 4 heteroatoms. The van der Waals surface area contributed by atoms with Crippen molar-refractivity contribution in [3.63, 3.8) is 0 Å². The highest BCUT2D eigenvalue weighted by Gasteiger charge is 2.45. The molecule has 1 aromatic rings. The summed E-state index contributed by atoms with van der Waals surface area (Å²) in [6.07, 6.45) is 0.832. The second-order valence-electron chi connectivity index (χ2n) is 4.23. The van der Waals surface area contributed by atoms with Gasteiger partial charge in [0.15, 0.2) is 0 Å². The average Bonchev–Trinajstić information content (AvgIpc) is 2.70. The molecular formula is C13H14O4. The number of benzene rings is 1. The summed E-state index contributed by atoms with van der Waals surface area (Å²) in [6, 6.07) is 9.28. The maximum Gasteiger partial charge on any atom is 0.316 e. The largest absolute Gasteiger partial charge is 0.481 e. The number of rotatable bonds is 4. The minimum atomic E-state index is -0.889. The van der Waals surface area contributed by atoms with E-state index in [1.165, 1.54) is 0 Å². The molecule has 2 rings (SSSR count). The molecule has 90 valence electrons. The third kappa shape index (κ3) is 2.16. The molecule has 1 atom stereocenters. The molecule has 0 radical (unpaired) electrons. The Labute approximate surface area is 99.2 Å². The van der Waals surface area contributed by atoms with Crippen LogP contribution in [-0.2, 0) is 19.7 Å². The van der Waals surface area contributed by atoms with E-state index in [0.29, 0.717) is 19.4 Å². The molecule has 1 N–H and O–H groups in total. The summed E-state index contributed by atoms with van der Waals surface area (Å²) < 4.78 is 5.02. The summed E-state index contributed by atoms with van der Waals surface area (Å²) in [5, 5.41) is 8.77. The molecule has 1 unspecified atom stereocenters. The molecule has 1 heterocycles. The number of aliphatic carboxylic acids is 1. The highest BCUT2D eigenvalue weighted by molar-refractivity contribution is 5.85. The van der Waals surface area contributed by atoms with E-state index in [-0.39, 0.29) is 12.4 Å². The Morgan fingerprint density at radius 3 is 2.59 bits per heavy atom. The molecule has 17 heavy (non-hydrogen) atoms. The van der Waals surface area contributed by atoms with Gasteiger partial charge in [-0.2, -0.15) is 0 Å². The van der Waals surface area contributed by atoms with Gasteiger partial charge in [-0.25, -0.2) is 0 Å². The van der Waals surface area contributed by atoms with Crippen LogP contribution in [0.4, 0.5) is 0 Å². The lowest BCUT2D eigenvalue weighted by Crippen LogP contribution is -2.32. The maximum absolute atomic E-state index is 11.9. The highest BCUT2D eigenvalue weighted by atomic mass is 16.5. The van der Waals surface area contributed by atoms with Crippen LogP contribution in [0.5, 0.6) is 0 Å². The van der Waals surface area contributed by atoms with Crippen molar-refractivity contribution in [1.82, 2.24) is 0 Å². The van der Waals surface area contributed by atoms with Crippen LogP contribution in [0.25, 0.3) is 0 Å². The van der Waals surface area contributed by atoms with Crippen molar-refractivity contribution in [2.24, 2.45) is 0 Å². The fourth-order valence-corrected chi connectivity index (χ4v) is 2.27. The van der Waals surface area contributed by atoms with Gasteiger partial charge in [-0.1, -0.05) is 30.3 Å². The van der Waals surface area contributed by atoms with Crippen LogP contribution in [0.1, 0.15) is 24.8 Å². The normalized spacial score (nSPS) is 23.4. The smallest absolute Gasteiger partial charge is 0.316 e. The predicted octanol–water partition coefficient (Wildman–Crippen LogP) is 1.74. The standard InChI is InChI=1S/C13H14O4/c14-11(15)6-7-13(8-9-17-12(13)16)10-4-2-1-3-5-10/h1-5H,6-9H2,(H,14,15). The summed E-state index contributed by atoms with van der Waals surface area (Å²) in [7, 11) is 0. The number of carboxylic acids is 1. The Kier molecular flexibility index (Phi) is 3.13. The zero-order valence-electron chi connectivity index (χ0n) is 9.39. The van der Waals surface area contributed by atoms with E-state index >= 15 is 0 Å². The third-order valence-corrected chi connectivity index (χ3v) is 3.24. The van der Waals surface area contributed by atoms with Gasteiger partial charge in [0.1, 0.15) is 0 Å². The van der Waals surface area contributed by atoms with Crippen LogP contribution in [0.2, 0.25) is 0 Å². The van der Waals surface area contributed by atoms with Crippen molar-refractivity contribution in [1.29, 1.82) is 0 Å². The third-order valence-electron chi connectivity index (χ3n) is 3.24. The zero-order chi connectivity index (χ0) is 12.3. The Balaban J connectivity index is 2.31. The Morgan fingerprint density at radius 1 is 1.35 bits per heavy atom. The molecular weight excluding hydrogens is 220 g/mol. The number of carboxylic acid groups (broad SMARTS) is 1. The summed E-state index contributed by atoms with van der Waals surface area (Å²) in [4.78, 5) is 22.6. The number of ether oxygens (including phenoxy) is 1. The lowest BCUT2D eigenvalue weighted by atomic mass is 9.75. The van der Waals surface area contributed by atoms with Gasteiger partial charge in [0.05, 0.1) is 12.0 Å². The molecule has 0 aromatic heterocycles. The van der Waals surface area contributed by atoms with Gasteiger partial charge in [-0.15, -0.1) is 0 Å². The quantitative estimate of drug-likeness (QED) is 0.806. The lowest BCUT2D eigenvalue weighted by Gasteiger charge is -2.24. The first-order valence-electron chi connectivity index (χ1n) is 5.60. The van der Waals surface area contributed by atoms with E-state index in [9.17, 15) is 9.59 Å². The fourth-order valence-electron chi connectivity index (χ4n) is 2.27. The van der Waals surface area contributed by atoms with Gasteiger partial charge in [-0.05, 0) is 12.0 Å². The maximum atomic E-state index is 11.9. The fraction of sp³-hybridized carbons (Fsp3) is 0.385. The molecule has 0 bridgehead atoms. The minimum Gasteiger partial charge on any atom is -0.481 e. The van der Waals surface area contributed by atoms with Crippen LogP contribution < -0.4 is 0 Å². The summed E-state index contributed by atoms with van der Waals surface area (Å²) in [5.74, 6) is -1.19. The van der Waals surface area contributed by atoms with E-state index in [0.717, 1.165) is 5.56 Å². The van der Waals surface area contributed by atoms with Crippen molar-refractivity contribution in [2.75, 3.05) is 6.61 Å². The van der Waals surface area contributed by atoms with Crippen molar-refractivity contribution < 1.29 is 19.4 Å². The Morgan fingerprint density at radius 2 is 2.06 bits per heavy atom. The van der Waals surface area contributed by atoms with E-state index in [2.05, 4.69) is 0 Å². The minimum absolute atomic E-state index is 0.0238. The molecule has 1 fully saturated rings. The first-order valence-corrected chi connectivity index (χ1v) is 5.60. The predicted molar refractivity (Wildman–Crippen MR) is 60.6 cm³/mol. The molecule has 0 saturated carbocycles. The topological polar surface area (TPSA) is 63.6 Å². The van der Waals surface area contributed by atoms with Gasteiger partial charge in [0.25, 0.3) is 0 Å². The summed E-state index contributed by atoms with van der Waals surface area (Å²) in [5.41, 5.74) is 0.0865. The highest BCUT2D eigenvalue weighted by Crippen LogP contribution is 2.38. The van der Waals surface area contributed by atoms with E-state index in [4.69, 9.17) is 9.84 Å². The van der Waals surface area contributed by atoms with Gasteiger partial charge < -0.3 is 9.84 Å². The van der Waals surface area contributed by atoms with E-state index in [1.807, 2.05) is 30.3 Å². The average molecular weight is 234 g/mol. The number of hydrogen-bond acceptors (Lipinski definition) is 3. The lowest BCUT2D eigenvalue weighted by molar-refractivity contribution is -0.143. The van der Waals surface area contributed by atoms with Crippen molar-refractivity contribution in [3.05, 3.63) is 35.9 Å². The van der Waals surface area contributed by atoms with Gasteiger partial charge in [0, 0.05) is 12.8 Å². The van der Waals surface area contributed by atoms with Crippen LogP contribution in [-0.4, -0.2) is 23.7 Å². The molecule has 4 nitrogen and oxygen atoms in total. The van der Waals surface area contributed by atoms with Crippen molar-refractivity contribution in [2.45, 2.75) is 24.7 Å². The van der Waals surface area contributed by atoms with E-state index in [1.54, 1.807) is 0 Å². The summed E-state index contributed by atoms with van der Waals surface area (Å²) >= 11 is 0. The van der Waals surface area contributed by atoms with E-state index < -0.39 is 11.4 Å². The first-order chi connectivity index (χ1) is 8.15. The monoisotopic (exact) mass is 234 g/mol. The number of cyclic esters (lactones) is 1. The number of esters is 1. The van der Waals surface area contributed by atoms with Gasteiger partial charge in [0.2, 0.25) is 0 Å². The second-order valence-corrected chi connectivity index (χ2v) is 4.23. The molecule has 1 aliphatic heterocycles. The van der Waals surface area contributed by atoms with Crippen LogP contribution in [0.15, 0.2) is 30.3 Å². The molecule has 0 amide bonds. The van der Waals surface area contributed by atoms with Crippen molar-refractivity contribution in [3.8, 4) is 0 Å². The molecule has 0 aliphatic carbocycles. The Hall–Kier alpha value is -1.84. The second kappa shape index (κ2) is 4.57. The Bertz CT molecular complexity index is 426. The molecule has 1 aromatic carbocycles. The molecule has 1 saturated heterocycles. The van der Waals surface area contributed by atoms with Crippen molar-refractivity contribution >= 4 is 11.9 Å². The number of carbonyl (C=O) groups is 2. The summed E-state index contributed by atoms with van der Waals surface area (Å²) in [6.45, 7) is 0.368. The van der Waals surface area contributed by atoms with Crippen LogP contribution >= 0.6 is 0 Å². The van der Waals surface area contributed by atoms with Gasteiger partial charge in [-0.3, -0.25) is 9.59 Å². The molecule has 1 aliphatic rings. The van der Waals surface area contributed by atoms with Crippen LogP contribution in [0.3, 0.4) is 0 Å². The molecule has 0 spiro atoms. The number of carbonyl (C=O) groups excluding carboxylic acids is 1. The number of hydrogen-bond donors (Lipinski definition) is 1.